The van der Waals surface area contributed by atoms with Crippen LogP contribution in [0.3, 0.4) is 0 Å². The predicted octanol–water partition coefficient (Wildman–Crippen LogP) is 4.20. The molecule has 0 atom stereocenters. The Morgan fingerprint density at radius 3 is 2.72 bits per heavy atom. The van der Waals surface area contributed by atoms with Crippen LogP contribution in [0.25, 0.3) is 0 Å². The summed E-state index contributed by atoms with van der Waals surface area (Å²) in [6.07, 6.45) is 4.00. The van der Waals surface area contributed by atoms with Gasteiger partial charge in [0.2, 0.25) is 5.91 Å². The molecule has 1 N–H and O–H groups in total. The van der Waals surface area contributed by atoms with Crippen LogP contribution in [0.1, 0.15) is 17.5 Å². The van der Waals surface area contributed by atoms with Crippen LogP contribution in [0.15, 0.2) is 55.1 Å². The van der Waals surface area contributed by atoms with E-state index < -0.39 is 0 Å². The maximum Gasteiger partial charge on any atom is 0.224 e. The van der Waals surface area contributed by atoms with Crippen LogP contribution in [0.2, 0.25) is 10.0 Å². The van der Waals surface area contributed by atoms with Crippen LogP contribution in [0, 0.1) is 0 Å². The van der Waals surface area contributed by atoms with E-state index >= 15 is 0 Å². The third-order valence-corrected chi connectivity index (χ3v) is 4.31. The van der Waals surface area contributed by atoms with E-state index in [2.05, 4.69) is 15.4 Å². The van der Waals surface area contributed by atoms with Crippen molar-refractivity contribution in [3.63, 3.8) is 0 Å². The molecule has 0 aliphatic rings. The molecule has 25 heavy (non-hydrogen) atoms. The molecule has 5 nitrogen and oxygen atoms in total. The molecule has 0 bridgehead atoms. The normalized spacial score (nSPS) is 10.6. The first-order valence-corrected chi connectivity index (χ1v) is 8.51. The summed E-state index contributed by atoms with van der Waals surface area (Å²) in [7, 11) is 0. The fourth-order valence-corrected chi connectivity index (χ4v) is 2.96. The Morgan fingerprint density at radius 2 is 1.96 bits per heavy atom. The smallest absolute Gasteiger partial charge is 0.224 e. The largest absolute Gasteiger partial charge is 0.326 e. The van der Waals surface area contributed by atoms with Gasteiger partial charge in [0.15, 0.2) is 0 Å². The molecule has 128 valence electrons. The maximum absolute atomic E-state index is 12.3. The highest BCUT2D eigenvalue weighted by molar-refractivity contribution is 6.35. The lowest BCUT2D eigenvalue weighted by molar-refractivity contribution is -0.116. The van der Waals surface area contributed by atoms with Crippen LogP contribution in [-0.2, 0) is 17.8 Å². The van der Waals surface area contributed by atoms with Gasteiger partial charge >= 0.3 is 0 Å². The number of benzene rings is 2. The molecule has 1 aromatic heterocycles. The number of anilines is 1. The summed E-state index contributed by atoms with van der Waals surface area (Å²) in [5.74, 6) is -0.0722. The second-order valence-corrected chi connectivity index (χ2v) is 6.38. The summed E-state index contributed by atoms with van der Waals surface area (Å²) < 4.78 is 1.71. The molecule has 0 saturated heterocycles. The van der Waals surface area contributed by atoms with Crippen molar-refractivity contribution in [2.24, 2.45) is 0 Å². The van der Waals surface area contributed by atoms with Gasteiger partial charge in [-0.1, -0.05) is 47.5 Å². The van der Waals surface area contributed by atoms with Crippen molar-refractivity contribution in [3.05, 3.63) is 76.3 Å². The van der Waals surface area contributed by atoms with E-state index in [1.807, 2.05) is 30.3 Å². The minimum atomic E-state index is -0.0722. The quantitative estimate of drug-likeness (QED) is 0.702. The maximum atomic E-state index is 12.3. The van der Waals surface area contributed by atoms with Crippen molar-refractivity contribution >= 4 is 34.8 Å². The molecule has 1 amide bonds. The summed E-state index contributed by atoms with van der Waals surface area (Å²) in [6.45, 7) is 0.541. The molecular formula is C18H16Cl2N4O. The van der Waals surface area contributed by atoms with Gasteiger partial charge in [0.05, 0.1) is 6.54 Å². The topological polar surface area (TPSA) is 59.8 Å². The van der Waals surface area contributed by atoms with Crippen LogP contribution < -0.4 is 5.32 Å². The molecule has 0 aliphatic carbocycles. The molecule has 0 spiro atoms. The minimum absolute atomic E-state index is 0.0722. The predicted molar refractivity (Wildman–Crippen MR) is 99.0 cm³/mol. The first-order valence-electron chi connectivity index (χ1n) is 7.76. The number of rotatable bonds is 6. The Morgan fingerprint density at radius 1 is 1.12 bits per heavy atom. The number of para-hydroxylation sites is 1. The number of hydrogen-bond acceptors (Lipinski definition) is 3. The van der Waals surface area contributed by atoms with E-state index in [-0.39, 0.29) is 5.91 Å². The van der Waals surface area contributed by atoms with Crippen LogP contribution in [0.4, 0.5) is 5.69 Å². The molecular weight excluding hydrogens is 359 g/mol. The van der Waals surface area contributed by atoms with Gasteiger partial charge in [-0.05, 0) is 35.7 Å². The number of aryl methyl sites for hydroxylation is 1. The molecule has 0 fully saturated rings. The fraction of sp³-hybridized carbons (Fsp3) is 0.167. The molecule has 0 saturated carbocycles. The van der Waals surface area contributed by atoms with Gasteiger partial charge in [-0.2, -0.15) is 5.10 Å². The zero-order valence-corrected chi connectivity index (χ0v) is 14.8. The van der Waals surface area contributed by atoms with Crippen molar-refractivity contribution < 1.29 is 4.79 Å². The number of aromatic nitrogens is 3. The Kier molecular flexibility index (Phi) is 5.68. The monoisotopic (exact) mass is 374 g/mol. The fourth-order valence-electron chi connectivity index (χ4n) is 2.45. The lowest BCUT2D eigenvalue weighted by Gasteiger charge is -2.11. The number of carbonyl (C=O) groups is 1. The van der Waals surface area contributed by atoms with E-state index in [1.165, 1.54) is 6.33 Å². The lowest BCUT2D eigenvalue weighted by Crippen LogP contribution is -2.14. The first kappa shape index (κ1) is 17.5. The Balaban J connectivity index is 1.63. The SMILES string of the molecule is O=C(CCc1ccc(Cl)cc1Cl)Nc1ccccc1Cn1cncn1. The lowest BCUT2D eigenvalue weighted by atomic mass is 10.1. The van der Waals surface area contributed by atoms with Gasteiger partial charge in [-0.25, -0.2) is 9.67 Å². The Bertz CT molecular complexity index is 865. The van der Waals surface area contributed by atoms with Gasteiger partial charge in [0.25, 0.3) is 0 Å². The highest BCUT2D eigenvalue weighted by Crippen LogP contribution is 2.22. The molecule has 2 aromatic carbocycles. The number of nitrogens with zero attached hydrogens (tertiary/aromatic N) is 3. The van der Waals surface area contributed by atoms with Gasteiger partial charge in [0.1, 0.15) is 12.7 Å². The number of hydrogen-bond donors (Lipinski definition) is 1. The molecule has 7 heteroatoms. The number of halogens is 2. The van der Waals surface area contributed by atoms with Gasteiger partial charge in [0, 0.05) is 22.2 Å². The van der Waals surface area contributed by atoms with Gasteiger partial charge in [-0.15, -0.1) is 0 Å². The van der Waals surface area contributed by atoms with Crippen molar-refractivity contribution in [1.82, 2.24) is 14.8 Å². The number of carbonyl (C=O) groups excluding carboxylic acids is 1. The van der Waals surface area contributed by atoms with E-state index in [9.17, 15) is 4.79 Å². The van der Waals surface area contributed by atoms with E-state index in [0.29, 0.717) is 29.4 Å². The molecule has 3 rings (SSSR count). The van der Waals surface area contributed by atoms with Crippen LogP contribution in [-0.4, -0.2) is 20.7 Å². The van der Waals surface area contributed by atoms with Gasteiger partial charge in [-0.3, -0.25) is 4.79 Å². The van der Waals surface area contributed by atoms with Crippen LogP contribution in [0.5, 0.6) is 0 Å². The molecule has 0 aliphatic heterocycles. The first-order chi connectivity index (χ1) is 12.1. The standard InChI is InChI=1S/C18H16Cl2N4O/c19-15-7-5-13(16(20)9-15)6-8-18(25)23-17-4-2-1-3-14(17)10-24-12-21-11-22-24/h1-5,7,9,11-12H,6,8,10H2,(H,23,25). The van der Waals surface area contributed by atoms with Crippen molar-refractivity contribution in [3.8, 4) is 0 Å². The summed E-state index contributed by atoms with van der Waals surface area (Å²) in [4.78, 5) is 16.2. The molecule has 0 unspecified atom stereocenters. The second-order valence-electron chi connectivity index (χ2n) is 5.53. The summed E-state index contributed by atoms with van der Waals surface area (Å²) >= 11 is 12.0. The van der Waals surface area contributed by atoms with Gasteiger partial charge < -0.3 is 5.32 Å². The van der Waals surface area contributed by atoms with Crippen LogP contribution >= 0.6 is 23.2 Å². The van der Waals surface area contributed by atoms with Crippen molar-refractivity contribution in [2.75, 3.05) is 5.32 Å². The minimum Gasteiger partial charge on any atom is -0.326 e. The highest BCUT2D eigenvalue weighted by Gasteiger charge is 2.09. The van der Waals surface area contributed by atoms with E-state index in [4.69, 9.17) is 23.2 Å². The van der Waals surface area contributed by atoms with Crippen molar-refractivity contribution in [2.45, 2.75) is 19.4 Å². The van der Waals surface area contributed by atoms with Crippen molar-refractivity contribution in [1.29, 1.82) is 0 Å². The molecule has 3 aromatic rings. The average molecular weight is 375 g/mol. The zero-order chi connectivity index (χ0) is 17.6. The van der Waals surface area contributed by atoms with E-state index in [0.717, 1.165) is 16.8 Å². The Hall–Kier alpha value is -2.37. The zero-order valence-electron chi connectivity index (χ0n) is 13.3. The average Bonchev–Trinajstić information content (AvgIpc) is 3.09. The molecule has 1 heterocycles. The van der Waals surface area contributed by atoms with E-state index in [1.54, 1.807) is 23.1 Å². The second kappa shape index (κ2) is 8.14. The molecule has 0 radical (unpaired) electrons. The number of nitrogens with one attached hydrogen (secondary N) is 1. The third kappa shape index (κ3) is 4.81. The third-order valence-electron chi connectivity index (χ3n) is 3.73. The number of amides is 1. The summed E-state index contributed by atoms with van der Waals surface area (Å²) in [5.41, 5.74) is 2.63. The Labute approximate surface area is 155 Å². The highest BCUT2D eigenvalue weighted by atomic mass is 35.5. The summed E-state index contributed by atoms with van der Waals surface area (Å²) in [6, 6.07) is 12.9. The summed E-state index contributed by atoms with van der Waals surface area (Å²) in [5, 5.41) is 8.21.